The third kappa shape index (κ3) is 3.70. The van der Waals surface area contributed by atoms with Gasteiger partial charge in [-0.1, -0.05) is 31.9 Å². The van der Waals surface area contributed by atoms with Gasteiger partial charge < -0.3 is 10.1 Å². The number of ether oxygens (including phenoxy) is 1. The number of esters is 1. The fraction of sp³-hybridized carbons (Fsp3) is 0.474. The molecular weight excluding hydrogens is 355 g/mol. The molecule has 1 saturated carbocycles. The van der Waals surface area contributed by atoms with Crippen molar-refractivity contribution in [2.45, 2.75) is 38.1 Å². The maximum Gasteiger partial charge on any atom is 0.326 e. The molecule has 0 radical (unpaired) electrons. The summed E-state index contributed by atoms with van der Waals surface area (Å²) in [6.07, 6.45) is 3.20. The molecule has 1 aliphatic heterocycles. The number of carbonyl (C=O) groups excluding carboxylic acids is 4. The van der Waals surface area contributed by atoms with Crippen LogP contribution in [0.5, 0.6) is 0 Å². The molecule has 1 heterocycles. The Labute approximate surface area is 155 Å². The SMILES string of the molecule is C[C@@H]1CCCC[C@@]12NC(=O)N(CC(=O)OCC(=O)c1cccc(F)c1)C2=O. The highest BCUT2D eigenvalue weighted by Gasteiger charge is 2.55. The zero-order chi connectivity index (χ0) is 19.6. The average molecular weight is 376 g/mol. The summed E-state index contributed by atoms with van der Waals surface area (Å²) in [7, 11) is 0. The Bertz CT molecular complexity index is 796. The summed E-state index contributed by atoms with van der Waals surface area (Å²) >= 11 is 0. The molecule has 1 aromatic carbocycles. The molecule has 1 spiro atoms. The molecule has 1 N–H and O–H groups in total. The Balaban J connectivity index is 1.58. The van der Waals surface area contributed by atoms with Crippen LogP contribution in [0.15, 0.2) is 24.3 Å². The van der Waals surface area contributed by atoms with Gasteiger partial charge in [-0.25, -0.2) is 9.18 Å². The molecule has 8 heteroatoms. The smallest absolute Gasteiger partial charge is 0.326 e. The summed E-state index contributed by atoms with van der Waals surface area (Å²) in [5.74, 6) is -2.45. The number of rotatable bonds is 5. The molecule has 2 aliphatic rings. The maximum atomic E-state index is 13.1. The van der Waals surface area contributed by atoms with E-state index in [9.17, 15) is 23.6 Å². The number of nitrogens with zero attached hydrogens (tertiary/aromatic N) is 1. The first kappa shape index (κ1) is 19.0. The van der Waals surface area contributed by atoms with Crippen molar-refractivity contribution in [3.8, 4) is 0 Å². The monoisotopic (exact) mass is 376 g/mol. The summed E-state index contributed by atoms with van der Waals surface area (Å²) in [6.45, 7) is 0.764. The highest BCUT2D eigenvalue weighted by atomic mass is 19.1. The number of Topliss-reactive ketones (excluding diaryl/α,β-unsaturated/α-hetero) is 1. The van der Waals surface area contributed by atoms with Crippen LogP contribution in [0.3, 0.4) is 0 Å². The lowest BCUT2D eigenvalue weighted by Gasteiger charge is -2.36. The summed E-state index contributed by atoms with van der Waals surface area (Å²) in [5, 5.41) is 2.74. The van der Waals surface area contributed by atoms with Crippen molar-refractivity contribution in [3.05, 3.63) is 35.6 Å². The van der Waals surface area contributed by atoms with Gasteiger partial charge in [-0.2, -0.15) is 0 Å². The fourth-order valence-electron chi connectivity index (χ4n) is 3.71. The normalized spacial score (nSPS) is 24.8. The van der Waals surface area contributed by atoms with Crippen LogP contribution in [-0.4, -0.2) is 47.3 Å². The van der Waals surface area contributed by atoms with Crippen LogP contribution < -0.4 is 5.32 Å². The van der Waals surface area contributed by atoms with Crippen molar-refractivity contribution in [1.29, 1.82) is 0 Å². The number of nitrogens with one attached hydrogen (secondary N) is 1. The third-order valence-corrected chi connectivity index (χ3v) is 5.30. The van der Waals surface area contributed by atoms with E-state index in [0.29, 0.717) is 6.42 Å². The summed E-state index contributed by atoms with van der Waals surface area (Å²) in [5.41, 5.74) is -0.875. The number of imide groups is 1. The zero-order valence-electron chi connectivity index (χ0n) is 15.0. The molecule has 144 valence electrons. The first-order chi connectivity index (χ1) is 12.8. The highest BCUT2D eigenvalue weighted by Crippen LogP contribution is 2.38. The predicted octanol–water partition coefficient (Wildman–Crippen LogP) is 2.05. The van der Waals surface area contributed by atoms with Gasteiger partial charge in [0.15, 0.2) is 12.4 Å². The van der Waals surface area contributed by atoms with Crippen LogP contribution in [0.1, 0.15) is 43.0 Å². The minimum absolute atomic E-state index is 0.0155. The molecule has 0 bridgehead atoms. The Morgan fingerprint density at radius 1 is 1.33 bits per heavy atom. The zero-order valence-corrected chi connectivity index (χ0v) is 15.0. The number of benzene rings is 1. The second kappa shape index (κ2) is 7.46. The highest BCUT2D eigenvalue weighted by molar-refractivity contribution is 6.09. The lowest BCUT2D eigenvalue weighted by Crippen LogP contribution is -2.54. The third-order valence-electron chi connectivity index (χ3n) is 5.30. The van der Waals surface area contributed by atoms with E-state index < -0.39 is 48.2 Å². The molecule has 2 atom stereocenters. The largest absolute Gasteiger partial charge is 0.456 e. The number of hydrogen-bond donors (Lipinski definition) is 1. The van der Waals surface area contributed by atoms with Gasteiger partial charge in [0.2, 0.25) is 0 Å². The van der Waals surface area contributed by atoms with Crippen LogP contribution >= 0.6 is 0 Å². The van der Waals surface area contributed by atoms with E-state index in [1.165, 1.54) is 18.2 Å². The van der Waals surface area contributed by atoms with Gasteiger partial charge in [0.25, 0.3) is 5.91 Å². The van der Waals surface area contributed by atoms with Crippen LogP contribution in [0, 0.1) is 11.7 Å². The summed E-state index contributed by atoms with van der Waals surface area (Å²) in [4.78, 5) is 49.8. The summed E-state index contributed by atoms with van der Waals surface area (Å²) in [6, 6.07) is 4.40. The van der Waals surface area contributed by atoms with E-state index in [1.807, 2.05) is 6.92 Å². The number of halogens is 1. The predicted molar refractivity (Wildman–Crippen MR) is 92.3 cm³/mol. The van der Waals surface area contributed by atoms with Gasteiger partial charge in [-0.15, -0.1) is 0 Å². The second-order valence-corrected chi connectivity index (χ2v) is 7.03. The minimum atomic E-state index is -0.951. The quantitative estimate of drug-likeness (QED) is 0.482. The van der Waals surface area contributed by atoms with Gasteiger partial charge in [0, 0.05) is 5.56 Å². The van der Waals surface area contributed by atoms with E-state index >= 15 is 0 Å². The van der Waals surface area contributed by atoms with Crippen molar-refractivity contribution in [2.24, 2.45) is 5.92 Å². The van der Waals surface area contributed by atoms with Gasteiger partial charge in [-0.3, -0.25) is 19.3 Å². The number of carbonyl (C=O) groups is 4. The van der Waals surface area contributed by atoms with Gasteiger partial charge in [-0.05, 0) is 30.9 Å². The van der Waals surface area contributed by atoms with Gasteiger partial charge in [0.05, 0.1) is 0 Å². The number of amides is 3. The molecular formula is C19H21FN2O5. The van der Waals surface area contributed by atoms with E-state index in [4.69, 9.17) is 4.74 Å². The molecule has 1 saturated heterocycles. The first-order valence-corrected chi connectivity index (χ1v) is 8.92. The van der Waals surface area contributed by atoms with E-state index in [0.717, 1.165) is 30.2 Å². The van der Waals surface area contributed by atoms with Crippen LogP contribution in [0.4, 0.5) is 9.18 Å². The van der Waals surface area contributed by atoms with Crippen molar-refractivity contribution >= 4 is 23.7 Å². The van der Waals surface area contributed by atoms with Crippen LogP contribution in [0.2, 0.25) is 0 Å². The Hall–Kier alpha value is -2.77. The van der Waals surface area contributed by atoms with E-state index in [2.05, 4.69) is 5.32 Å². The Morgan fingerprint density at radius 3 is 2.81 bits per heavy atom. The molecule has 1 aromatic rings. The van der Waals surface area contributed by atoms with E-state index in [1.54, 1.807) is 0 Å². The fourth-order valence-corrected chi connectivity index (χ4v) is 3.71. The molecule has 7 nitrogen and oxygen atoms in total. The van der Waals surface area contributed by atoms with Gasteiger partial charge >= 0.3 is 12.0 Å². The lowest BCUT2D eigenvalue weighted by molar-refractivity contribution is -0.147. The molecule has 3 amide bonds. The van der Waals surface area contributed by atoms with Crippen LogP contribution in [-0.2, 0) is 14.3 Å². The Kier molecular flexibility index (Phi) is 5.25. The van der Waals surface area contributed by atoms with Crippen molar-refractivity contribution in [1.82, 2.24) is 10.2 Å². The van der Waals surface area contributed by atoms with E-state index in [-0.39, 0.29) is 11.5 Å². The number of hydrogen-bond acceptors (Lipinski definition) is 5. The van der Waals surface area contributed by atoms with Crippen molar-refractivity contribution < 1.29 is 28.3 Å². The molecule has 27 heavy (non-hydrogen) atoms. The minimum Gasteiger partial charge on any atom is -0.456 e. The van der Waals surface area contributed by atoms with Crippen molar-refractivity contribution in [3.63, 3.8) is 0 Å². The van der Waals surface area contributed by atoms with Gasteiger partial charge in [0.1, 0.15) is 17.9 Å². The lowest BCUT2D eigenvalue weighted by atomic mass is 9.73. The summed E-state index contributed by atoms with van der Waals surface area (Å²) < 4.78 is 18.0. The molecule has 2 fully saturated rings. The second-order valence-electron chi connectivity index (χ2n) is 7.03. The standard InChI is InChI=1S/C19H21FN2O5/c1-12-5-2-3-8-19(12)17(25)22(18(26)21-19)10-16(24)27-11-15(23)13-6-4-7-14(20)9-13/h4,6-7,9,12H,2-3,5,8,10-11H2,1H3,(H,21,26)/t12-,19-/m1/s1. The molecule has 0 aromatic heterocycles. The topological polar surface area (TPSA) is 92.8 Å². The first-order valence-electron chi connectivity index (χ1n) is 8.92. The number of ketones is 1. The number of urea groups is 1. The molecule has 0 unspecified atom stereocenters. The Morgan fingerprint density at radius 2 is 2.11 bits per heavy atom. The van der Waals surface area contributed by atoms with Crippen LogP contribution in [0.25, 0.3) is 0 Å². The average Bonchev–Trinajstić information content (AvgIpc) is 2.87. The molecule has 3 rings (SSSR count). The maximum absolute atomic E-state index is 13.1. The van der Waals surface area contributed by atoms with Crippen molar-refractivity contribution in [2.75, 3.05) is 13.2 Å². The molecule has 1 aliphatic carbocycles.